The summed E-state index contributed by atoms with van der Waals surface area (Å²) in [5.74, 6) is 0.851. The van der Waals surface area contributed by atoms with Gasteiger partial charge in [-0.1, -0.05) is 24.3 Å². The van der Waals surface area contributed by atoms with E-state index in [-0.39, 0.29) is 11.8 Å². The minimum absolute atomic E-state index is 0.164. The first-order chi connectivity index (χ1) is 15.2. The standard InChI is InChI=1S/C25H29N3O2S/c29-24(28-11-10-20-4-1-2-7-23(20)28)17-26-12-14-27(15-13-26)25(30)18-31-22-9-8-19-5-3-6-21(19)16-22/h1-2,4,7-9,16H,3,5-6,10-15,17-18H2. The van der Waals surface area contributed by atoms with Gasteiger partial charge in [-0.25, -0.2) is 0 Å². The van der Waals surface area contributed by atoms with Crippen LogP contribution in [0.25, 0.3) is 0 Å². The maximum atomic E-state index is 12.8. The number of hydrogen-bond acceptors (Lipinski definition) is 4. The van der Waals surface area contributed by atoms with Crippen LogP contribution in [0.5, 0.6) is 0 Å². The summed E-state index contributed by atoms with van der Waals surface area (Å²) in [6, 6.07) is 14.8. The molecule has 0 spiro atoms. The molecule has 5 rings (SSSR count). The molecular formula is C25H29N3O2S. The van der Waals surface area contributed by atoms with Crippen LogP contribution in [0.1, 0.15) is 23.1 Å². The van der Waals surface area contributed by atoms with Crippen molar-refractivity contribution in [1.29, 1.82) is 0 Å². The van der Waals surface area contributed by atoms with Crippen molar-refractivity contribution in [2.24, 2.45) is 0 Å². The van der Waals surface area contributed by atoms with Crippen LogP contribution in [-0.2, 0) is 28.9 Å². The topological polar surface area (TPSA) is 43.9 Å². The lowest BCUT2D eigenvalue weighted by molar-refractivity contribution is -0.130. The van der Waals surface area contributed by atoms with Gasteiger partial charge in [0.15, 0.2) is 0 Å². The highest BCUT2D eigenvalue weighted by Crippen LogP contribution is 2.29. The van der Waals surface area contributed by atoms with E-state index < -0.39 is 0 Å². The van der Waals surface area contributed by atoms with Crippen LogP contribution in [0.15, 0.2) is 47.4 Å². The number of benzene rings is 2. The second-order valence-corrected chi connectivity index (χ2v) is 9.70. The van der Waals surface area contributed by atoms with Crippen molar-refractivity contribution in [2.75, 3.05) is 49.9 Å². The van der Waals surface area contributed by atoms with Crippen molar-refractivity contribution in [3.8, 4) is 0 Å². The molecule has 2 aromatic rings. The van der Waals surface area contributed by atoms with E-state index in [0.29, 0.717) is 25.4 Å². The molecule has 162 valence electrons. The fraction of sp³-hybridized carbons (Fsp3) is 0.440. The molecule has 5 nitrogen and oxygen atoms in total. The Bertz CT molecular complexity index is 984. The molecule has 6 heteroatoms. The van der Waals surface area contributed by atoms with Crippen molar-refractivity contribution in [1.82, 2.24) is 9.80 Å². The van der Waals surface area contributed by atoms with E-state index in [9.17, 15) is 9.59 Å². The Morgan fingerprint density at radius 1 is 0.806 bits per heavy atom. The quantitative estimate of drug-likeness (QED) is 0.678. The zero-order valence-corrected chi connectivity index (χ0v) is 18.7. The minimum Gasteiger partial charge on any atom is -0.339 e. The molecule has 0 radical (unpaired) electrons. The molecule has 0 bridgehead atoms. The highest BCUT2D eigenvalue weighted by molar-refractivity contribution is 8.00. The fourth-order valence-corrected chi connectivity index (χ4v) is 5.77. The molecule has 0 saturated carbocycles. The van der Waals surface area contributed by atoms with Crippen LogP contribution < -0.4 is 4.90 Å². The van der Waals surface area contributed by atoms with Gasteiger partial charge in [-0.05, 0) is 60.6 Å². The van der Waals surface area contributed by atoms with Gasteiger partial charge in [-0.15, -0.1) is 11.8 Å². The van der Waals surface area contributed by atoms with Crippen molar-refractivity contribution in [3.63, 3.8) is 0 Å². The van der Waals surface area contributed by atoms with Crippen LogP contribution in [0.2, 0.25) is 0 Å². The third-order valence-electron chi connectivity index (χ3n) is 6.70. The second kappa shape index (κ2) is 9.05. The van der Waals surface area contributed by atoms with Crippen molar-refractivity contribution in [2.45, 2.75) is 30.6 Å². The van der Waals surface area contributed by atoms with E-state index in [1.807, 2.05) is 28.0 Å². The van der Waals surface area contributed by atoms with Gasteiger partial charge in [0.25, 0.3) is 0 Å². The Labute approximate surface area is 188 Å². The highest BCUT2D eigenvalue weighted by Gasteiger charge is 2.28. The largest absolute Gasteiger partial charge is 0.339 e. The number of rotatable bonds is 5. The Kier molecular flexibility index (Phi) is 6.01. The average Bonchev–Trinajstić information content (AvgIpc) is 3.44. The van der Waals surface area contributed by atoms with Gasteiger partial charge in [0, 0.05) is 43.3 Å². The molecule has 2 aliphatic heterocycles. The number of nitrogens with zero attached hydrogens (tertiary/aromatic N) is 3. The van der Waals surface area contributed by atoms with Gasteiger partial charge in [0.1, 0.15) is 0 Å². The zero-order valence-electron chi connectivity index (χ0n) is 17.9. The van der Waals surface area contributed by atoms with Gasteiger partial charge in [0.2, 0.25) is 11.8 Å². The summed E-state index contributed by atoms with van der Waals surface area (Å²) in [6.45, 7) is 4.13. The molecule has 2 amide bonds. The SMILES string of the molecule is O=C(CSc1ccc2c(c1)CCC2)N1CCN(CC(=O)N2CCc3ccccc32)CC1. The molecule has 0 unspecified atom stereocenters. The lowest BCUT2D eigenvalue weighted by atomic mass is 10.1. The summed E-state index contributed by atoms with van der Waals surface area (Å²) in [4.78, 5) is 32.8. The lowest BCUT2D eigenvalue weighted by Gasteiger charge is -2.35. The van der Waals surface area contributed by atoms with Crippen LogP contribution in [-0.4, -0.2) is 66.6 Å². The van der Waals surface area contributed by atoms with Crippen LogP contribution in [0, 0.1) is 0 Å². The maximum Gasteiger partial charge on any atom is 0.241 e. The summed E-state index contributed by atoms with van der Waals surface area (Å²) in [6.07, 6.45) is 4.54. The van der Waals surface area contributed by atoms with Crippen LogP contribution in [0.4, 0.5) is 5.69 Å². The normalized spacial score (nSPS) is 18.2. The van der Waals surface area contributed by atoms with Crippen molar-refractivity contribution >= 4 is 29.3 Å². The van der Waals surface area contributed by atoms with E-state index >= 15 is 0 Å². The number of fused-ring (bicyclic) bond motifs is 2. The summed E-state index contributed by atoms with van der Waals surface area (Å²) < 4.78 is 0. The molecule has 31 heavy (non-hydrogen) atoms. The van der Waals surface area contributed by atoms with Gasteiger partial charge in [0.05, 0.1) is 12.3 Å². The van der Waals surface area contributed by atoms with Crippen molar-refractivity contribution in [3.05, 3.63) is 59.2 Å². The fourth-order valence-electron chi connectivity index (χ4n) is 4.90. The third kappa shape index (κ3) is 4.51. The molecule has 3 aliphatic rings. The van der Waals surface area contributed by atoms with E-state index in [4.69, 9.17) is 0 Å². The number of thioether (sulfide) groups is 1. The Morgan fingerprint density at radius 2 is 1.61 bits per heavy atom. The van der Waals surface area contributed by atoms with Crippen LogP contribution in [0.3, 0.4) is 0 Å². The molecule has 1 fully saturated rings. The molecule has 2 heterocycles. The Hall–Kier alpha value is -2.31. The number of aryl methyl sites for hydroxylation is 2. The van der Waals surface area contributed by atoms with E-state index in [0.717, 1.165) is 31.7 Å². The van der Waals surface area contributed by atoms with Gasteiger partial charge >= 0.3 is 0 Å². The molecule has 0 aromatic heterocycles. The number of para-hydroxylation sites is 1. The number of anilines is 1. The summed E-state index contributed by atoms with van der Waals surface area (Å²) in [5.41, 5.74) is 5.24. The van der Waals surface area contributed by atoms with Crippen LogP contribution >= 0.6 is 11.8 Å². The predicted molar refractivity (Wildman–Crippen MR) is 125 cm³/mol. The molecule has 0 N–H and O–H groups in total. The molecular weight excluding hydrogens is 406 g/mol. The first kappa shape index (κ1) is 20.6. The number of carbonyl (C=O) groups excluding carboxylic acids is 2. The Balaban J connectivity index is 1.08. The number of piperazine rings is 1. The number of carbonyl (C=O) groups is 2. The predicted octanol–water partition coefficient (Wildman–Crippen LogP) is 3.00. The highest BCUT2D eigenvalue weighted by atomic mass is 32.2. The lowest BCUT2D eigenvalue weighted by Crippen LogP contribution is -2.51. The Morgan fingerprint density at radius 3 is 2.48 bits per heavy atom. The van der Waals surface area contributed by atoms with E-state index in [2.05, 4.69) is 29.2 Å². The first-order valence-electron chi connectivity index (χ1n) is 11.3. The van der Waals surface area contributed by atoms with Gasteiger partial charge in [-0.2, -0.15) is 0 Å². The third-order valence-corrected chi connectivity index (χ3v) is 7.68. The first-order valence-corrected chi connectivity index (χ1v) is 12.3. The minimum atomic E-state index is 0.164. The second-order valence-electron chi connectivity index (χ2n) is 8.65. The molecule has 2 aromatic carbocycles. The zero-order chi connectivity index (χ0) is 21.2. The van der Waals surface area contributed by atoms with Gasteiger partial charge < -0.3 is 9.80 Å². The van der Waals surface area contributed by atoms with E-state index in [1.165, 1.54) is 40.8 Å². The smallest absolute Gasteiger partial charge is 0.241 e. The summed E-state index contributed by atoms with van der Waals surface area (Å²) in [7, 11) is 0. The molecule has 1 aliphatic carbocycles. The average molecular weight is 436 g/mol. The number of amides is 2. The molecule has 0 atom stereocenters. The summed E-state index contributed by atoms with van der Waals surface area (Å²) >= 11 is 1.64. The summed E-state index contributed by atoms with van der Waals surface area (Å²) in [5, 5.41) is 0. The van der Waals surface area contributed by atoms with Crippen molar-refractivity contribution < 1.29 is 9.59 Å². The monoisotopic (exact) mass is 435 g/mol. The molecule has 1 saturated heterocycles. The maximum absolute atomic E-state index is 12.8. The van der Waals surface area contributed by atoms with E-state index in [1.54, 1.807) is 11.8 Å². The van der Waals surface area contributed by atoms with Gasteiger partial charge in [-0.3, -0.25) is 14.5 Å². The number of hydrogen-bond donors (Lipinski definition) is 0.